The van der Waals surface area contributed by atoms with E-state index < -0.39 is 56.2 Å². The van der Waals surface area contributed by atoms with Gasteiger partial charge in [-0.25, -0.2) is 0 Å². The van der Waals surface area contributed by atoms with E-state index in [9.17, 15) is 42.7 Å². The Balaban J connectivity index is 2.24. The van der Waals surface area contributed by atoms with Crippen molar-refractivity contribution in [2.45, 2.75) is 23.5 Å². The summed E-state index contributed by atoms with van der Waals surface area (Å²) in [7, 11) is -9.95. The third kappa shape index (κ3) is 6.49. The Morgan fingerprint density at radius 3 is 2.06 bits per heavy atom. The van der Waals surface area contributed by atoms with Crippen molar-refractivity contribution in [3.63, 3.8) is 0 Å². The van der Waals surface area contributed by atoms with E-state index in [4.69, 9.17) is 10.00 Å². The molecule has 0 saturated carbocycles. The molecule has 0 saturated heterocycles. The van der Waals surface area contributed by atoms with Crippen molar-refractivity contribution in [1.29, 1.82) is 10.5 Å². The first-order chi connectivity index (χ1) is 14.8. The number of hydrogen-bond donors (Lipinski definition) is 1. The van der Waals surface area contributed by atoms with E-state index in [0.717, 1.165) is 19.1 Å². The van der Waals surface area contributed by atoms with E-state index in [0.29, 0.717) is 18.2 Å². The molecule has 0 fully saturated rings. The van der Waals surface area contributed by atoms with Gasteiger partial charge < -0.3 is 10.1 Å². The van der Waals surface area contributed by atoms with Gasteiger partial charge in [0.25, 0.3) is 5.91 Å². The van der Waals surface area contributed by atoms with Crippen LogP contribution in [0.3, 0.4) is 0 Å². The van der Waals surface area contributed by atoms with Crippen LogP contribution in [-0.2, 0) is 6.18 Å². The Morgan fingerprint density at radius 2 is 1.61 bits per heavy atom. The van der Waals surface area contributed by atoms with E-state index >= 15 is 0 Å². The van der Waals surface area contributed by atoms with Crippen molar-refractivity contribution < 1.29 is 42.1 Å². The Labute approximate surface area is 181 Å². The zero-order valence-electron chi connectivity index (χ0n) is 16.4. The van der Waals surface area contributed by atoms with Crippen LogP contribution in [0.1, 0.15) is 28.4 Å². The van der Waals surface area contributed by atoms with Crippen LogP contribution in [0.2, 0.25) is 0 Å². The van der Waals surface area contributed by atoms with Crippen LogP contribution >= 0.6 is 10.2 Å². The van der Waals surface area contributed by atoms with Gasteiger partial charge in [-0.1, -0.05) is 19.4 Å². The smallest absolute Gasteiger partial charge is 0.419 e. The highest BCUT2D eigenvalue weighted by molar-refractivity contribution is 8.45. The monoisotopic (exact) mass is 499 g/mol. The van der Waals surface area contributed by atoms with Gasteiger partial charge in [-0.3, -0.25) is 4.79 Å². The summed E-state index contributed by atoms with van der Waals surface area (Å²) in [6.45, 7) is 0.201. The maximum absolute atomic E-state index is 13.2. The second-order valence-electron chi connectivity index (χ2n) is 7.00. The van der Waals surface area contributed by atoms with Gasteiger partial charge in [-0.2, -0.15) is 23.7 Å². The highest BCUT2D eigenvalue weighted by atomic mass is 32.5. The minimum absolute atomic E-state index is 0.000319. The number of nitriles is 2. The third-order valence-corrected chi connectivity index (χ3v) is 5.29. The standard InChI is InChI=1S/C19H13F8N3O2S/c1-18(10-29,11-32-16-8-12(9-28)2-7-15(16)19(20,21)22)30-17(31)13-3-5-14(6-4-13)33(23,24,25,26)27/h2-8H,11H2,1H3,(H,30,31)/t18-/m0/s1. The summed E-state index contributed by atoms with van der Waals surface area (Å²) in [6.07, 6.45) is -4.86. The van der Waals surface area contributed by atoms with E-state index in [-0.39, 0.29) is 17.7 Å². The number of ether oxygens (including phenoxy) is 1. The van der Waals surface area contributed by atoms with Crippen LogP contribution < -0.4 is 10.1 Å². The third-order valence-electron chi connectivity index (χ3n) is 4.13. The van der Waals surface area contributed by atoms with Crippen molar-refractivity contribution in [3.05, 3.63) is 59.2 Å². The highest BCUT2D eigenvalue weighted by Crippen LogP contribution is 3.02. The highest BCUT2D eigenvalue weighted by Gasteiger charge is 2.65. The second-order valence-corrected chi connectivity index (χ2v) is 9.41. The van der Waals surface area contributed by atoms with Gasteiger partial charge in [0.1, 0.15) is 17.3 Å². The molecule has 0 spiro atoms. The van der Waals surface area contributed by atoms with Gasteiger partial charge in [-0.05, 0) is 49.4 Å². The number of nitrogens with zero attached hydrogens (tertiary/aromatic N) is 2. The number of carbonyl (C=O) groups is 1. The van der Waals surface area contributed by atoms with Gasteiger partial charge >= 0.3 is 16.4 Å². The molecule has 0 unspecified atom stereocenters. The molecule has 0 aliphatic carbocycles. The van der Waals surface area contributed by atoms with Crippen molar-refractivity contribution in [3.8, 4) is 17.9 Å². The Kier molecular flexibility index (Phi) is 5.86. The van der Waals surface area contributed by atoms with Crippen LogP contribution in [0.5, 0.6) is 5.75 Å². The lowest BCUT2D eigenvalue weighted by atomic mass is 10.0. The summed E-state index contributed by atoms with van der Waals surface area (Å²) < 4.78 is 108. The molecule has 1 atom stereocenters. The summed E-state index contributed by atoms with van der Waals surface area (Å²) in [5, 5.41) is 20.3. The fraction of sp³-hybridized carbons (Fsp3) is 0.211. The molecule has 1 N–H and O–H groups in total. The van der Waals surface area contributed by atoms with E-state index in [2.05, 4.69) is 5.32 Å². The Bertz CT molecular complexity index is 1170. The van der Waals surface area contributed by atoms with Crippen molar-refractivity contribution in [2.75, 3.05) is 6.61 Å². The Hall–Kier alpha value is -3.52. The number of amides is 1. The summed E-state index contributed by atoms with van der Waals surface area (Å²) >= 11 is 0. The molecule has 0 heterocycles. The van der Waals surface area contributed by atoms with E-state index in [1.807, 2.05) is 0 Å². The minimum Gasteiger partial charge on any atom is -0.489 e. The molecule has 0 radical (unpaired) electrons. The molecule has 2 aromatic rings. The zero-order chi connectivity index (χ0) is 25.4. The van der Waals surface area contributed by atoms with Crippen LogP contribution in [0, 0.1) is 22.7 Å². The number of nitrogens with one attached hydrogen (secondary N) is 1. The summed E-state index contributed by atoms with van der Waals surface area (Å²) in [4.78, 5) is 10.1. The number of hydrogen-bond acceptors (Lipinski definition) is 4. The number of alkyl halides is 3. The fourth-order valence-corrected chi connectivity index (χ4v) is 3.10. The zero-order valence-corrected chi connectivity index (χ0v) is 17.2. The molecule has 2 aromatic carbocycles. The number of rotatable bonds is 6. The lowest BCUT2D eigenvalue weighted by Crippen LogP contribution is -2.49. The van der Waals surface area contributed by atoms with Crippen LogP contribution in [0.4, 0.5) is 32.6 Å². The quantitative estimate of drug-likeness (QED) is 0.471. The van der Waals surface area contributed by atoms with Crippen LogP contribution in [0.25, 0.3) is 0 Å². The first-order valence-corrected chi connectivity index (χ1v) is 10.6. The minimum atomic E-state index is -9.95. The van der Waals surface area contributed by atoms with Gasteiger partial charge in [0.15, 0.2) is 5.54 Å². The summed E-state index contributed by atoms with van der Waals surface area (Å²) in [6, 6.07) is 6.39. The van der Waals surface area contributed by atoms with Gasteiger partial charge in [0.05, 0.1) is 23.3 Å². The predicted molar refractivity (Wildman–Crippen MR) is 101 cm³/mol. The van der Waals surface area contributed by atoms with Crippen molar-refractivity contribution in [1.82, 2.24) is 5.32 Å². The maximum atomic E-state index is 13.2. The average molecular weight is 499 g/mol. The summed E-state index contributed by atoms with van der Waals surface area (Å²) in [5.74, 6) is -1.96. The molecule has 178 valence electrons. The lowest BCUT2D eigenvalue weighted by Gasteiger charge is -2.40. The SMILES string of the molecule is C[C@](C#N)(COc1cc(C#N)ccc1C(F)(F)F)NC(=O)c1ccc(S(F)(F)(F)(F)F)cc1. The molecule has 1 amide bonds. The normalized spacial score (nSPS) is 15.7. The first-order valence-electron chi connectivity index (χ1n) is 8.60. The van der Waals surface area contributed by atoms with E-state index in [1.54, 1.807) is 12.1 Å². The molecule has 2 rings (SSSR count). The van der Waals surface area contributed by atoms with Crippen LogP contribution in [-0.4, -0.2) is 18.1 Å². The Morgan fingerprint density at radius 1 is 1.03 bits per heavy atom. The van der Waals surface area contributed by atoms with Gasteiger partial charge in [0, 0.05) is 5.56 Å². The topological polar surface area (TPSA) is 85.9 Å². The first kappa shape index (κ1) is 25.7. The van der Waals surface area contributed by atoms with Gasteiger partial charge in [-0.15, -0.1) is 0 Å². The van der Waals surface area contributed by atoms with Crippen molar-refractivity contribution >= 4 is 16.1 Å². The maximum Gasteiger partial charge on any atom is 0.419 e. The van der Waals surface area contributed by atoms with Gasteiger partial charge in [0.2, 0.25) is 0 Å². The molecule has 0 bridgehead atoms. The number of benzene rings is 2. The van der Waals surface area contributed by atoms with Crippen molar-refractivity contribution in [2.24, 2.45) is 0 Å². The second kappa shape index (κ2) is 7.52. The van der Waals surface area contributed by atoms with Crippen LogP contribution in [0.15, 0.2) is 47.4 Å². The predicted octanol–water partition coefficient (Wildman–Crippen LogP) is 6.33. The number of carbonyl (C=O) groups excluding carboxylic acids is 1. The largest absolute Gasteiger partial charge is 0.489 e. The average Bonchev–Trinajstić information content (AvgIpc) is 2.69. The van der Waals surface area contributed by atoms with E-state index in [1.165, 1.54) is 0 Å². The molecule has 0 aliphatic heterocycles. The molecule has 14 heteroatoms. The molecular formula is C19H13F8N3O2S. The fourth-order valence-electron chi connectivity index (χ4n) is 2.45. The molecule has 5 nitrogen and oxygen atoms in total. The molecular weight excluding hydrogens is 486 g/mol. The number of halogens is 8. The molecule has 0 aliphatic rings. The lowest BCUT2D eigenvalue weighted by molar-refractivity contribution is -0.139. The summed E-state index contributed by atoms with van der Waals surface area (Å²) in [5.41, 5.74) is -3.93. The molecule has 0 aromatic heterocycles. The molecule has 33 heavy (non-hydrogen) atoms.